The summed E-state index contributed by atoms with van der Waals surface area (Å²) in [5.74, 6) is -2.31. The summed E-state index contributed by atoms with van der Waals surface area (Å²) in [5, 5.41) is 2.62. The minimum Gasteiger partial charge on any atom is -0.374 e. The van der Waals surface area contributed by atoms with Gasteiger partial charge in [-0.25, -0.2) is 4.79 Å². The van der Waals surface area contributed by atoms with Crippen LogP contribution in [-0.4, -0.2) is 99.5 Å². The second-order valence-electron chi connectivity index (χ2n) is 11.4. The Balaban J connectivity index is 1.60. The van der Waals surface area contributed by atoms with E-state index < -0.39 is 60.1 Å². The van der Waals surface area contributed by atoms with E-state index in [1.807, 2.05) is 30.3 Å². The van der Waals surface area contributed by atoms with Crippen LogP contribution in [0.2, 0.25) is 0 Å². The number of ether oxygens (including phenoxy) is 1. The molecule has 4 rings (SSSR count). The Morgan fingerprint density at radius 1 is 1.11 bits per heavy atom. The quantitative estimate of drug-likeness (QED) is 0.291. The van der Waals surface area contributed by atoms with E-state index in [1.165, 1.54) is 23.2 Å². The first-order valence-electron chi connectivity index (χ1n) is 14.0. The van der Waals surface area contributed by atoms with Gasteiger partial charge >= 0.3 is 12.2 Å². The van der Waals surface area contributed by atoms with Crippen molar-refractivity contribution in [3.63, 3.8) is 0 Å². The number of nitrogens with one attached hydrogen (secondary N) is 1. The maximum atomic E-state index is 13.9. The highest BCUT2D eigenvalue weighted by Crippen LogP contribution is 2.36. The first kappa shape index (κ1) is 32.6. The first-order valence-corrected chi connectivity index (χ1v) is 14.0. The molecule has 3 heterocycles. The number of piperazine rings is 1. The number of alkyl halides is 3. The van der Waals surface area contributed by atoms with E-state index in [2.05, 4.69) is 10.3 Å². The van der Waals surface area contributed by atoms with Crippen LogP contribution in [0, 0.1) is 0 Å². The number of hydrogen-bond acceptors (Lipinski definition) is 7. The number of pyridine rings is 1. The molecule has 5 amide bonds. The van der Waals surface area contributed by atoms with E-state index in [-0.39, 0.29) is 37.6 Å². The highest BCUT2D eigenvalue weighted by molar-refractivity contribution is 6.08. The SMILES string of the molecule is CC(C)(N)C=CC(=O)NC(COCc1ccccc1)C(=O)N1CCN2C(=O)N(CC(F)(F)F)C(=O)C2(Cc2ccccn2)C1. The molecule has 0 spiro atoms. The van der Waals surface area contributed by atoms with E-state index in [1.54, 1.807) is 32.0 Å². The molecule has 0 aliphatic carbocycles. The maximum Gasteiger partial charge on any atom is 0.406 e. The van der Waals surface area contributed by atoms with Crippen molar-refractivity contribution >= 4 is 23.8 Å². The van der Waals surface area contributed by atoms with Gasteiger partial charge in [0.1, 0.15) is 18.1 Å². The van der Waals surface area contributed by atoms with Gasteiger partial charge in [0.05, 0.1) is 19.8 Å². The van der Waals surface area contributed by atoms with Crippen LogP contribution in [0.15, 0.2) is 66.9 Å². The van der Waals surface area contributed by atoms with Crippen LogP contribution < -0.4 is 11.1 Å². The predicted molar refractivity (Wildman–Crippen MR) is 153 cm³/mol. The Morgan fingerprint density at radius 2 is 1.82 bits per heavy atom. The van der Waals surface area contributed by atoms with E-state index in [9.17, 15) is 32.3 Å². The van der Waals surface area contributed by atoms with Gasteiger partial charge in [0.15, 0.2) is 0 Å². The second-order valence-corrected chi connectivity index (χ2v) is 11.4. The molecule has 0 radical (unpaired) electrons. The van der Waals surface area contributed by atoms with Gasteiger partial charge in [0, 0.05) is 43.0 Å². The summed E-state index contributed by atoms with van der Waals surface area (Å²) in [6.45, 7) is 0.828. The molecule has 0 saturated carbocycles. The van der Waals surface area contributed by atoms with Crippen molar-refractivity contribution in [1.82, 2.24) is 25.0 Å². The normalized spacial score (nSPS) is 19.8. The highest BCUT2D eigenvalue weighted by Gasteiger charge is 2.61. The lowest BCUT2D eigenvalue weighted by atomic mass is 9.88. The zero-order valence-corrected chi connectivity index (χ0v) is 24.4. The molecule has 44 heavy (non-hydrogen) atoms. The zero-order chi connectivity index (χ0) is 32.1. The third kappa shape index (κ3) is 7.99. The molecule has 11 nitrogen and oxygen atoms in total. The van der Waals surface area contributed by atoms with Crippen LogP contribution in [0.1, 0.15) is 25.1 Å². The first-order chi connectivity index (χ1) is 20.7. The van der Waals surface area contributed by atoms with Crippen molar-refractivity contribution in [2.24, 2.45) is 5.73 Å². The molecule has 14 heteroatoms. The summed E-state index contributed by atoms with van der Waals surface area (Å²) in [5.41, 5.74) is 4.49. The molecular formula is C30H35F3N6O5. The molecule has 0 bridgehead atoms. The summed E-state index contributed by atoms with van der Waals surface area (Å²) < 4.78 is 45.9. The average Bonchev–Trinajstić information content (AvgIpc) is 3.16. The topological polar surface area (TPSA) is 138 Å². The van der Waals surface area contributed by atoms with Crippen LogP contribution in [0.4, 0.5) is 18.0 Å². The lowest BCUT2D eigenvalue weighted by Crippen LogP contribution is -2.67. The highest BCUT2D eigenvalue weighted by atomic mass is 19.4. The van der Waals surface area contributed by atoms with Gasteiger partial charge in [-0.1, -0.05) is 42.5 Å². The maximum absolute atomic E-state index is 13.9. The number of aromatic nitrogens is 1. The Morgan fingerprint density at radius 3 is 2.45 bits per heavy atom. The zero-order valence-electron chi connectivity index (χ0n) is 24.4. The lowest BCUT2D eigenvalue weighted by Gasteiger charge is -2.45. The molecule has 236 valence electrons. The van der Waals surface area contributed by atoms with Crippen LogP contribution in [0.3, 0.4) is 0 Å². The minimum atomic E-state index is -4.82. The fraction of sp³-hybridized carbons (Fsp3) is 0.433. The number of nitrogens with zero attached hydrogens (tertiary/aromatic N) is 4. The van der Waals surface area contributed by atoms with Gasteiger partial charge < -0.3 is 25.6 Å². The van der Waals surface area contributed by atoms with Crippen LogP contribution >= 0.6 is 0 Å². The molecule has 2 atom stereocenters. The van der Waals surface area contributed by atoms with Gasteiger partial charge in [-0.3, -0.25) is 24.3 Å². The van der Waals surface area contributed by atoms with Gasteiger partial charge in [0.25, 0.3) is 5.91 Å². The van der Waals surface area contributed by atoms with Crippen LogP contribution in [0.5, 0.6) is 0 Å². The smallest absolute Gasteiger partial charge is 0.374 e. The van der Waals surface area contributed by atoms with Crippen molar-refractivity contribution in [1.29, 1.82) is 0 Å². The van der Waals surface area contributed by atoms with Crippen LogP contribution in [-0.2, 0) is 32.1 Å². The number of fused-ring (bicyclic) bond motifs is 1. The molecule has 2 aliphatic heterocycles. The third-order valence-corrected chi connectivity index (χ3v) is 7.19. The molecule has 2 aromatic rings. The van der Waals surface area contributed by atoms with Crippen molar-refractivity contribution in [2.45, 2.75) is 50.2 Å². The van der Waals surface area contributed by atoms with Gasteiger partial charge in [0.2, 0.25) is 11.8 Å². The molecule has 2 unspecified atom stereocenters. The number of urea groups is 1. The van der Waals surface area contributed by atoms with Crippen molar-refractivity contribution < 1.29 is 37.1 Å². The predicted octanol–water partition coefficient (Wildman–Crippen LogP) is 2.03. The largest absolute Gasteiger partial charge is 0.406 e. The molecule has 2 aliphatic rings. The molecule has 1 aromatic heterocycles. The fourth-order valence-electron chi connectivity index (χ4n) is 5.17. The summed E-state index contributed by atoms with van der Waals surface area (Å²) >= 11 is 0. The number of nitrogens with two attached hydrogens (primary N) is 1. The van der Waals surface area contributed by atoms with E-state index in [0.29, 0.717) is 5.69 Å². The van der Waals surface area contributed by atoms with E-state index in [4.69, 9.17) is 10.5 Å². The Labute approximate surface area is 252 Å². The minimum absolute atomic E-state index is 0.0849. The van der Waals surface area contributed by atoms with Crippen molar-refractivity contribution in [2.75, 3.05) is 32.8 Å². The number of halogens is 3. The number of imide groups is 1. The summed E-state index contributed by atoms with van der Waals surface area (Å²) in [4.78, 5) is 60.2. The van der Waals surface area contributed by atoms with E-state index >= 15 is 0 Å². The second kappa shape index (κ2) is 13.1. The Hall–Kier alpha value is -4.30. The van der Waals surface area contributed by atoms with Gasteiger partial charge in [-0.05, 0) is 31.5 Å². The summed E-state index contributed by atoms with van der Waals surface area (Å²) in [6, 6.07) is 11.7. The number of carbonyl (C=O) groups is 4. The number of carbonyl (C=O) groups excluding carboxylic acids is 4. The molecule has 2 fully saturated rings. The summed E-state index contributed by atoms with van der Waals surface area (Å²) in [7, 11) is 0. The van der Waals surface area contributed by atoms with Crippen molar-refractivity contribution in [3.8, 4) is 0 Å². The average molecular weight is 617 g/mol. The standard InChI is InChI=1S/C30H35F3N6O5/c1-28(2,34)12-11-24(40)36-23(18-44-17-21-8-4-3-5-9-21)25(41)37-14-15-39-27(43)38(20-30(31,32)33)26(42)29(39,19-37)16-22-10-6-7-13-35-22/h3-13,23H,14-20,34H2,1-2H3,(H,36,40). The van der Waals surface area contributed by atoms with Crippen molar-refractivity contribution in [3.05, 3.63) is 78.1 Å². The Bertz CT molecular complexity index is 1380. The molecule has 1 aromatic carbocycles. The third-order valence-electron chi connectivity index (χ3n) is 7.19. The fourth-order valence-corrected chi connectivity index (χ4v) is 5.17. The Kier molecular flexibility index (Phi) is 9.74. The number of benzene rings is 1. The lowest BCUT2D eigenvalue weighted by molar-refractivity contribution is -0.157. The monoisotopic (exact) mass is 616 g/mol. The summed E-state index contributed by atoms with van der Waals surface area (Å²) in [6.07, 6.45) is -0.910. The molecular weight excluding hydrogens is 581 g/mol. The molecule has 3 N–H and O–H groups in total. The number of amides is 5. The van der Waals surface area contributed by atoms with Gasteiger partial charge in [-0.2, -0.15) is 13.2 Å². The number of rotatable bonds is 11. The van der Waals surface area contributed by atoms with E-state index in [0.717, 1.165) is 10.5 Å². The number of hydrogen-bond donors (Lipinski definition) is 2. The van der Waals surface area contributed by atoms with Gasteiger partial charge in [-0.15, -0.1) is 0 Å². The molecule has 2 saturated heterocycles. The van der Waals surface area contributed by atoms with Crippen LogP contribution in [0.25, 0.3) is 0 Å².